The van der Waals surface area contributed by atoms with Crippen molar-refractivity contribution in [2.75, 3.05) is 20.1 Å². The van der Waals surface area contributed by atoms with Gasteiger partial charge in [-0.2, -0.15) is 0 Å². The number of likely N-dealkylation sites (N-methyl/N-ethyl adjacent to an activating group) is 1. The number of hydrogen-bond donors (Lipinski definition) is 1. The molecule has 0 spiro atoms. The van der Waals surface area contributed by atoms with Gasteiger partial charge in [-0.25, -0.2) is 4.98 Å². The quantitative estimate of drug-likeness (QED) is 0.676. The maximum Gasteiger partial charge on any atom is 0.294 e. The van der Waals surface area contributed by atoms with E-state index in [2.05, 4.69) is 10.3 Å². The van der Waals surface area contributed by atoms with E-state index >= 15 is 0 Å². The summed E-state index contributed by atoms with van der Waals surface area (Å²) >= 11 is 0. The summed E-state index contributed by atoms with van der Waals surface area (Å²) in [6.45, 7) is 1.62. The molecular formula is C15H17N5O3. The van der Waals surface area contributed by atoms with Crippen molar-refractivity contribution in [2.45, 2.75) is 12.5 Å². The molecule has 8 heteroatoms. The maximum absolute atomic E-state index is 12.6. The summed E-state index contributed by atoms with van der Waals surface area (Å²) in [5.74, 6) is -0.209. The second-order valence-electron chi connectivity index (χ2n) is 5.49. The molecule has 1 unspecified atom stereocenters. The molecule has 1 amide bonds. The van der Waals surface area contributed by atoms with E-state index in [-0.39, 0.29) is 17.6 Å². The molecule has 1 N–H and O–H groups in total. The summed E-state index contributed by atoms with van der Waals surface area (Å²) in [5, 5.41) is 14.6. The second kappa shape index (κ2) is 6.17. The molecule has 1 aromatic heterocycles. The number of nitrogens with one attached hydrogen (secondary N) is 1. The van der Waals surface area contributed by atoms with E-state index < -0.39 is 4.92 Å². The molecule has 1 aliphatic heterocycles. The lowest BCUT2D eigenvalue weighted by molar-refractivity contribution is -0.384. The van der Waals surface area contributed by atoms with E-state index in [1.807, 2.05) is 0 Å². The highest BCUT2D eigenvalue weighted by Crippen LogP contribution is 2.25. The van der Waals surface area contributed by atoms with Crippen LogP contribution < -0.4 is 5.32 Å². The van der Waals surface area contributed by atoms with Crippen LogP contribution in [0.2, 0.25) is 0 Å². The third kappa shape index (κ3) is 2.93. The highest BCUT2D eigenvalue weighted by atomic mass is 16.6. The summed E-state index contributed by atoms with van der Waals surface area (Å²) in [4.78, 5) is 29.0. The topological polar surface area (TPSA) is 93.3 Å². The number of hydrogen-bond acceptors (Lipinski definition) is 5. The number of imidazole rings is 1. The zero-order chi connectivity index (χ0) is 16.4. The van der Waals surface area contributed by atoms with Gasteiger partial charge in [0.25, 0.3) is 11.6 Å². The van der Waals surface area contributed by atoms with Crippen molar-refractivity contribution in [3.05, 3.63) is 52.6 Å². The Morgan fingerprint density at radius 3 is 2.96 bits per heavy atom. The molecule has 8 nitrogen and oxygen atoms in total. The van der Waals surface area contributed by atoms with Crippen molar-refractivity contribution in [3.63, 3.8) is 0 Å². The van der Waals surface area contributed by atoms with Crippen molar-refractivity contribution in [3.8, 4) is 5.69 Å². The Morgan fingerprint density at radius 1 is 1.52 bits per heavy atom. The first kappa shape index (κ1) is 15.2. The lowest BCUT2D eigenvalue weighted by Gasteiger charge is -2.23. The molecule has 1 fully saturated rings. The van der Waals surface area contributed by atoms with E-state index in [4.69, 9.17) is 0 Å². The van der Waals surface area contributed by atoms with Crippen molar-refractivity contribution in [1.82, 2.24) is 19.8 Å². The summed E-state index contributed by atoms with van der Waals surface area (Å²) in [5.41, 5.74) is 0.580. The first-order chi connectivity index (χ1) is 11.1. The van der Waals surface area contributed by atoms with Crippen molar-refractivity contribution >= 4 is 11.6 Å². The Labute approximate surface area is 132 Å². The molecule has 1 atom stereocenters. The van der Waals surface area contributed by atoms with Gasteiger partial charge in [0.1, 0.15) is 5.69 Å². The SMILES string of the molecule is CN(C(=O)c1ccc(-n2ccnc2)c([N+](=O)[O-])c1)C1CCNC1. The second-order valence-corrected chi connectivity index (χ2v) is 5.49. The van der Waals surface area contributed by atoms with E-state index in [0.717, 1.165) is 19.5 Å². The minimum absolute atomic E-state index is 0.119. The van der Waals surface area contributed by atoms with E-state index in [1.165, 1.54) is 12.4 Å². The molecule has 0 bridgehead atoms. The predicted octanol–water partition coefficient (Wildman–Crippen LogP) is 1.21. The number of carbonyl (C=O) groups is 1. The van der Waals surface area contributed by atoms with Crippen LogP contribution in [0.25, 0.3) is 5.69 Å². The Kier molecular flexibility index (Phi) is 4.07. The smallest absolute Gasteiger partial charge is 0.294 e. The molecular weight excluding hydrogens is 298 g/mol. The predicted molar refractivity (Wildman–Crippen MR) is 83.6 cm³/mol. The number of amides is 1. The van der Waals surface area contributed by atoms with Gasteiger partial charge in [-0.05, 0) is 25.1 Å². The Hall–Kier alpha value is -2.74. The van der Waals surface area contributed by atoms with Gasteiger partial charge in [0.2, 0.25) is 0 Å². The van der Waals surface area contributed by atoms with Crippen molar-refractivity contribution in [2.24, 2.45) is 0 Å². The molecule has 120 valence electrons. The van der Waals surface area contributed by atoms with Crippen molar-refractivity contribution < 1.29 is 9.72 Å². The zero-order valence-electron chi connectivity index (χ0n) is 12.7. The number of rotatable bonds is 4. The van der Waals surface area contributed by atoms with Crippen LogP contribution in [-0.4, -0.2) is 51.5 Å². The fourth-order valence-electron chi connectivity index (χ4n) is 2.76. The third-order valence-electron chi connectivity index (χ3n) is 4.10. The van der Waals surface area contributed by atoms with Crippen LogP contribution in [0, 0.1) is 10.1 Å². The Bertz CT molecular complexity index is 723. The fraction of sp³-hybridized carbons (Fsp3) is 0.333. The van der Waals surface area contributed by atoms with Gasteiger partial charge in [-0.3, -0.25) is 14.9 Å². The first-order valence-electron chi connectivity index (χ1n) is 7.32. The number of benzene rings is 1. The summed E-state index contributed by atoms with van der Waals surface area (Å²) in [7, 11) is 1.73. The van der Waals surface area contributed by atoms with E-state index in [0.29, 0.717) is 11.3 Å². The molecule has 1 aliphatic rings. The first-order valence-corrected chi connectivity index (χ1v) is 7.32. The molecule has 3 rings (SSSR count). The number of carbonyl (C=O) groups excluding carboxylic acids is 1. The zero-order valence-corrected chi connectivity index (χ0v) is 12.7. The normalized spacial score (nSPS) is 17.2. The van der Waals surface area contributed by atoms with Crippen LogP contribution in [0.3, 0.4) is 0 Å². The van der Waals surface area contributed by atoms with Crippen LogP contribution in [0.1, 0.15) is 16.8 Å². The molecule has 0 saturated carbocycles. The van der Waals surface area contributed by atoms with Gasteiger partial charge in [0.15, 0.2) is 0 Å². The molecule has 2 aromatic rings. The molecule has 0 radical (unpaired) electrons. The minimum Gasteiger partial charge on any atom is -0.337 e. The largest absolute Gasteiger partial charge is 0.337 e. The summed E-state index contributed by atoms with van der Waals surface area (Å²) in [6.07, 6.45) is 5.54. The van der Waals surface area contributed by atoms with E-state index in [9.17, 15) is 14.9 Å². The van der Waals surface area contributed by atoms with Gasteiger partial charge < -0.3 is 14.8 Å². The Morgan fingerprint density at radius 2 is 2.35 bits per heavy atom. The van der Waals surface area contributed by atoms with Crippen LogP contribution in [0.4, 0.5) is 5.69 Å². The third-order valence-corrected chi connectivity index (χ3v) is 4.10. The van der Waals surface area contributed by atoms with Crippen LogP contribution in [0.5, 0.6) is 0 Å². The molecule has 2 heterocycles. The lowest BCUT2D eigenvalue weighted by Crippen LogP contribution is -2.38. The monoisotopic (exact) mass is 315 g/mol. The van der Waals surface area contributed by atoms with Gasteiger partial charge >= 0.3 is 0 Å². The molecule has 1 saturated heterocycles. The maximum atomic E-state index is 12.6. The average molecular weight is 315 g/mol. The highest BCUT2D eigenvalue weighted by Gasteiger charge is 2.26. The van der Waals surface area contributed by atoms with Crippen LogP contribution >= 0.6 is 0 Å². The number of nitro benzene ring substituents is 1. The Balaban J connectivity index is 1.93. The molecule has 1 aromatic carbocycles. The van der Waals surface area contributed by atoms with E-state index in [1.54, 1.807) is 41.0 Å². The number of nitrogens with zero attached hydrogens (tertiary/aromatic N) is 4. The van der Waals surface area contributed by atoms with Crippen LogP contribution in [0.15, 0.2) is 36.9 Å². The number of aromatic nitrogens is 2. The fourth-order valence-corrected chi connectivity index (χ4v) is 2.76. The lowest BCUT2D eigenvalue weighted by atomic mass is 10.1. The van der Waals surface area contributed by atoms with Gasteiger partial charge in [0, 0.05) is 43.7 Å². The van der Waals surface area contributed by atoms with Gasteiger partial charge in [-0.15, -0.1) is 0 Å². The summed E-state index contributed by atoms with van der Waals surface area (Å²) < 4.78 is 1.55. The standard InChI is InChI=1S/C15H17N5O3/c1-18(12-4-5-16-9-12)15(21)11-2-3-13(14(8-11)20(22)23)19-7-6-17-10-19/h2-3,6-8,10,12,16H,4-5,9H2,1H3. The molecule has 0 aliphatic carbocycles. The van der Waals surface area contributed by atoms with Gasteiger partial charge in [0.05, 0.1) is 11.3 Å². The van der Waals surface area contributed by atoms with Crippen molar-refractivity contribution in [1.29, 1.82) is 0 Å². The highest BCUT2D eigenvalue weighted by molar-refractivity contribution is 5.95. The summed E-state index contributed by atoms with van der Waals surface area (Å²) in [6, 6.07) is 4.64. The number of nitro groups is 1. The molecule has 23 heavy (non-hydrogen) atoms. The van der Waals surface area contributed by atoms with Gasteiger partial charge in [-0.1, -0.05) is 0 Å². The van der Waals surface area contributed by atoms with Crippen LogP contribution in [-0.2, 0) is 0 Å². The minimum atomic E-state index is -0.483. The average Bonchev–Trinajstić information content (AvgIpc) is 3.25.